The van der Waals surface area contributed by atoms with Gasteiger partial charge in [0.2, 0.25) is 11.6 Å². The van der Waals surface area contributed by atoms with E-state index >= 15 is 0 Å². The van der Waals surface area contributed by atoms with Gasteiger partial charge in [0.05, 0.1) is 19.1 Å². The van der Waals surface area contributed by atoms with Gasteiger partial charge < -0.3 is 9.47 Å². The Kier molecular flexibility index (Phi) is 3.39. The molecule has 0 bridgehead atoms. The maximum atomic E-state index is 13.2. The minimum atomic E-state index is -1.07. The molecule has 0 amide bonds. The van der Waals surface area contributed by atoms with Crippen molar-refractivity contribution in [2.45, 2.75) is 0 Å². The van der Waals surface area contributed by atoms with Gasteiger partial charge >= 0.3 is 11.7 Å². The summed E-state index contributed by atoms with van der Waals surface area (Å²) in [7, 11) is 2.21. The zero-order chi connectivity index (χ0) is 12.3. The molecule has 0 aromatic heterocycles. The molecule has 0 heterocycles. The summed E-state index contributed by atoms with van der Waals surface area (Å²) in [6, 6.07) is 1.87. The minimum Gasteiger partial charge on any atom is -0.489 e. The Morgan fingerprint density at radius 2 is 2.06 bits per heavy atom. The Bertz CT molecular complexity index is 446. The molecule has 0 saturated heterocycles. The van der Waals surface area contributed by atoms with Crippen LogP contribution in [-0.2, 0) is 4.74 Å². The number of hydrogen-bond acceptors (Lipinski definition) is 5. The molecule has 0 saturated carbocycles. The van der Waals surface area contributed by atoms with Gasteiger partial charge in [-0.15, -0.1) is 0 Å². The number of nitro benzene ring substituents is 1. The van der Waals surface area contributed by atoms with Gasteiger partial charge in [-0.1, -0.05) is 0 Å². The Morgan fingerprint density at radius 1 is 1.44 bits per heavy atom. The highest BCUT2D eigenvalue weighted by atomic mass is 19.1. The second-order valence-corrected chi connectivity index (χ2v) is 2.73. The lowest BCUT2D eigenvalue weighted by Gasteiger charge is -2.07. The van der Waals surface area contributed by atoms with Crippen molar-refractivity contribution in [2.24, 2.45) is 0 Å². The molecule has 0 aliphatic heterocycles. The second kappa shape index (κ2) is 4.56. The highest BCUT2D eigenvalue weighted by Crippen LogP contribution is 2.33. The quantitative estimate of drug-likeness (QED) is 0.446. The number of nitrogens with zero attached hydrogens (tertiary/aromatic N) is 1. The number of nitro groups is 1. The zero-order valence-corrected chi connectivity index (χ0v) is 8.52. The largest absolute Gasteiger partial charge is 0.489 e. The molecule has 0 aliphatic carbocycles. The van der Waals surface area contributed by atoms with Gasteiger partial charge in [-0.25, -0.2) is 4.79 Å². The van der Waals surface area contributed by atoms with E-state index in [-0.39, 0.29) is 5.56 Å². The van der Waals surface area contributed by atoms with E-state index in [2.05, 4.69) is 9.47 Å². The van der Waals surface area contributed by atoms with E-state index in [1.807, 2.05) is 0 Å². The monoisotopic (exact) mass is 229 g/mol. The molecule has 0 unspecified atom stereocenters. The second-order valence-electron chi connectivity index (χ2n) is 2.73. The number of carbonyl (C=O) groups is 1. The van der Waals surface area contributed by atoms with E-state index in [9.17, 15) is 19.3 Å². The van der Waals surface area contributed by atoms with E-state index in [0.717, 1.165) is 26.4 Å². The van der Waals surface area contributed by atoms with Crippen LogP contribution in [0.3, 0.4) is 0 Å². The molecule has 1 aromatic carbocycles. The predicted molar refractivity (Wildman–Crippen MR) is 50.9 cm³/mol. The Morgan fingerprint density at radius 3 is 2.50 bits per heavy atom. The van der Waals surface area contributed by atoms with Crippen LogP contribution in [-0.4, -0.2) is 25.1 Å². The van der Waals surface area contributed by atoms with Gasteiger partial charge in [0.1, 0.15) is 5.56 Å². The van der Waals surface area contributed by atoms with Gasteiger partial charge in [0.15, 0.2) is 0 Å². The van der Waals surface area contributed by atoms with Crippen LogP contribution < -0.4 is 4.74 Å². The number of benzene rings is 1. The number of esters is 1. The summed E-state index contributed by atoms with van der Waals surface area (Å²) in [5.41, 5.74) is -1.08. The molecule has 6 nitrogen and oxygen atoms in total. The summed E-state index contributed by atoms with van der Waals surface area (Å²) in [5.74, 6) is -2.36. The lowest BCUT2D eigenvalue weighted by Crippen LogP contribution is -2.07. The third-order valence-electron chi connectivity index (χ3n) is 1.87. The van der Waals surface area contributed by atoms with Crippen LogP contribution >= 0.6 is 0 Å². The van der Waals surface area contributed by atoms with Crippen molar-refractivity contribution in [1.29, 1.82) is 0 Å². The van der Waals surface area contributed by atoms with Crippen molar-refractivity contribution < 1.29 is 23.6 Å². The standard InChI is InChI=1S/C9H8FNO5/c1-15-8-5(9(12)16-2)3-4-6(10)7(8)11(13)14/h3-4H,1-2H3. The van der Waals surface area contributed by atoms with Crippen molar-refractivity contribution in [3.63, 3.8) is 0 Å². The summed E-state index contributed by atoms with van der Waals surface area (Å²) in [4.78, 5) is 20.9. The van der Waals surface area contributed by atoms with E-state index in [1.54, 1.807) is 0 Å². The molecule has 7 heteroatoms. The van der Waals surface area contributed by atoms with Gasteiger partial charge in [-0.2, -0.15) is 4.39 Å². The van der Waals surface area contributed by atoms with Crippen molar-refractivity contribution >= 4 is 11.7 Å². The third-order valence-corrected chi connectivity index (χ3v) is 1.87. The summed E-state index contributed by atoms with van der Waals surface area (Å²) in [5, 5.41) is 10.6. The summed E-state index contributed by atoms with van der Waals surface area (Å²) < 4.78 is 22.2. The zero-order valence-electron chi connectivity index (χ0n) is 8.52. The minimum absolute atomic E-state index is 0.196. The van der Waals surface area contributed by atoms with Crippen LogP contribution in [0, 0.1) is 15.9 Å². The molecule has 86 valence electrons. The summed E-state index contributed by atoms with van der Waals surface area (Å²) >= 11 is 0. The van der Waals surface area contributed by atoms with Crippen molar-refractivity contribution in [3.8, 4) is 5.75 Å². The molecule has 1 rings (SSSR count). The van der Waals surface area contributed by atoms with E-state index in [0.29, 0.717) is 0 Å². The van der Waals surface area contributed by atoms with Crippen molar-refractivity contribution in [1.82, 2.24) is 0 Å². The third kappa shape index (κ3) is 1.92. The van der Waals surface area contributed by atoms with E-state index < -0.39 is 28.1 Å². The van der Waals surface area contributed by atoms with Crippen LogP contribution in [0.2, 0.25) is 0 Å². The number of hydrogen-bond donors (Lipinski definition) is 0. The highest BCUT2D eigenvalue weighted by molar-refractivity contribution is 5.94. The maximum absolute atomic E-state index is 13.2. The fraction of sp³-hybridized carbons (Fsp3) is 0.222. The van der Waals surface area contributed by atoms with Crippen LogP contribution in [0.5, 0.6) is 5.75 Å². The first-order chi connectivity index (χ1) is 7.52. The molecule has 0 radical (unpaired) electrons. The molecular formula is C9H8FNO5. The van der Waals surface area contributed by atoms with Gasteiger partial charge in [-0.3, -0.25) is 10.1 Å². The molecule has 0 aliphatic rings. The Balaban J connectivity index is 3.48. The highest BCUT2D eigenvalue weighted by Gasteiger charge is 2.27. The lowest BCUT2D eigenvalue weighted by atomic mass is 10.1. The lowest BCUT2D eigenvalue weighted by molar-refractivity contribution is -0.388. The number of methoxy groups -OCH3 is 2. The smallest absolute Gasteiger partial charge is 0.347 e. The number of ether oxygens (including phenoxy) is 2. The fourth-order valence-electron chi connectivity index (χ4n) is 1.19. The first kappa shape index (κ1) is 11.9. The van der Waals surface area contributed by atoms with Gasteiger partial charge in [0, 0.05) is 0 Å². The number of rotatable bonds is 3. The molecule has 0 spiro atoms. The molecule has 0 atom stereocenters. The normalized spacial score (nSPS) is 9.69. The number of carbonyl (C=O) groups excluding carboxylic acids is 1. The topological polar surface area (TPSA) is 78.7 Å². The van der Waals surface area contributed by atoms with Crippen LogP contribution in [0.1, 0.15) is 10.4 Å². The fourth-order valence-corrected chi connectivity index (χ4v) is 1.19. The van der Waals surface area contributed by atoms with Crippen molar-refractivity contribution in [2.75, 3.05) is 14.2 Å². The number of halogens is 1. The maximum Gasteiger partial charge on any atom is 0.347 e. The Hall–Kier alpha value is -2.18. The first-order valence-corrected chi connectivity index (χ1v) is 4.12. The van der Waals surface area contributed by atoms with Gasteiger partial charge in [0.25, 0.3) is 0 Å². The van der Waals surface area contributed by atoms with Crippen molar-refractivity contribution in [3.05, 3.63) is 33.6 Å². The predicted octanol–water partition coefficient (Wildman–Crippen LogP) is 1.53. The molecular weight excluding hydrogens is 221 g/mol. The van der Waals surface area contributed by atoms with Gasteiger partial charge in [-0.05, 0) is 12.1 Å². The van der Waals surface area contributed by atoms with Crippen LogP contribution in [0.25, 0.3) is 0 Å². The SMILES string of the molecule is COC(=O)c1ccc(F)c([N+](=O)[O-])c1OC. The average Bonchev–Trinajstić information content (AvgIpc) is 2.26. The molecule has 16 heavy (non-hydrogen) atoms. The Labute approximate surface area is 89.7 Å². The van der Waals surface area contributed by atoms with Crippen LogP contribution in [0.4, 0.5) is 10.1 Å². The average molecular weight is 229 g/mol. The summed E-state index contributed by atoms with van der Waals surface area (Å²) in [6.45, 7) is 0. The molecule has 0 fully saturated rings. The summed E-state index contributed by atoms with van der Waals surface area (Å²) in [6.07, 6.45) is 0. The van der Waals surface area contributed by atoms with E-state index in [4.69, 9.17) is 0 Å². The van der Waals surface area contributed by atoms with E-state index in [1.165, 1.54) is 0 Å². The first-order valence-electron chi connectivity index (χ1n) is 4.12. The molecule has 1 aromatic rings. The molecule has 0 N–H and O–H groups in total. The van der Waals surface area contributed by atoms with Crippen LogP contribution in [0.15, 0.2) is 12.1 Å².